The monoisotopic (exact) mass is 362 g/mol. The fraction of sp³-hybridized carbons (Fsp3) is 0.214. The molecule has 7 heteroatoms. The van der Waals surface area contributed by atoms with Gasteiger partial charge in [0, 0.05) is 21.3 Å². The number of nitrogens with zero attached hydrogens (tertiary/aromatic N) is 2. The number of hydrogen-bond acceptors (Lipinski definition) is 4. The molecule has 0 radical (unpaired) electrons. The Hall–Kier alpha value is -1.73. The van der Waals surface area contributed by atoms with Gasteiger partial charge >= 0.3 is 0 Å². The minimum Gasteiger partial charge on any atom is -0.350 e. The third-order valence-corrected chi connectivity index (χ3v) is 4.91. The summed E-state index contributed by atoms with van der Waals surface area (Å²) in [5, 5.41) is 13.5. The molecule has 1 amide bonds. The van der Waals surface area contributed by atoms with Gasteiger partial charge in [-0.3, -0.25) is 10.1 Å². The maximum Gasteiger partial charge on any atom is 0.273 e. The molecule has 3 aromatic rings. The molecule has 1 fully saturated rings. The van der Waals surface area contributed by atoms with Crippen molar-refractivity contribution < 1.29 is 4.79 Å². The summed E-state index contributed by atoms with van der Waals surface area (Å²) in [4.78, 5) is 15.4. The largest absolute Gasteiger partial charge is 0.350 e. The van der Waals surface area contributed by atoms with Crippen LogP contribution >= 0.6 is 27.3 Å². The number of halogens is 1. The van der Waals surface area contributed by atoms with E-state index >= 15 is 0 Å². The van der Waals surface area contributed by atoms with Crippen LogP contribution in [0.1, 0.15) is 34.3 Å². The Morgan fingerprint density at radius 3 is 3.00 bits per heavy atom. The number of H-pyrrole nitrogens is 1. The molecule has 2 heterocycles. The van der Waals surface area contributed by atoms with Crippen LogP contribution in [0.4, 0.5) is 5.13 Å². The van der Waals surface area contributed by atoms with E-state index in [0.717, 1.165) is 20.4 Å². The van der Waals surface area contributed by atoms with Gasteiger partial charge in [-0.2, -0.15) is 0 Å². The zero-order valence-electron chi connectivity index (χ0n) is 10.9. The zero-order chi connectivity index (χ0) is 14.4. The Morgan fingerprint density at radius 2 is 2.19 bits per heavy atom. The smallest absolute Gasteiger partial charge is 0.273 e. The van der Waals surface area contributed by atoms with Crippen LogP contribution in [0.25, 0.3) is 10.9 Å². The van der Waals surface area contributed by atoms with Gasteiger partial charge in [0.05, 0.1) is 0 Å². The van der Waals surface area contributed by atoms with Crippen LogP contribution in [0.2, 0.25) is 0 Å². The van der Waals surface area contributed by atoms with Crippen molar-refractivity contribution in [3.05, 3.63) is 39.4 Å². The van der Waals surface area contributed by atoms with Gasteiger partial charge in [0.1, 0.15) is 10.7 Å². The Morgan fingerprint density at radius 1 is 1.33 bits per heavy atom. The van der Waals surface area contributed by atoms with Crippen LogP contribution in [0.5, 0.6) is 0 Å². The highest BCUT2D eigenvalue weighted by atomic mass is 79.9. The molecule has 2 aromatic heterocycles. The second-order valence-corrected chi connectivity index (χ2v) is 7.01. The van der Waals surface area contributed by atoms with Gasteiger partial charge in [0.15, 0.2) is 0 Å². The number of aromatic amines is 1. The van der Waals surface area contributed by atoms with Crippen molar-refractivity contribution in [3.63, 3.8) is 0 Å². The lowest BCUT2D eigenvalue weighted by Gasteiger charge is -1.97. The number of rotatable bonds is 3. The van der Waals surface area contributed by atoms with E-state index in [1.54, 1.807) is 0 Å². The molecule has 0 aliphatic heterocycles. The highest BCUT2D eigenvalue weighted by Gasteiger charge is 2.27. The summed E-state index contributed by atoms with van der Waals surface area (Å²) in [6.45, 7) is 0. The quantitative estimate of drug-likeness (QED) is 0.741. The van der Waals surface area contributed by atoms with Gasteiger partial charge in [-0.1, -0.05) is 33.3 Å². The number of carbonyl (C=O) groups is 1. The molecule has 5 nitrogen and oxygen atoms in total. The van der Waals surface area contributed by atoms with E-state index in [1.165, 1.54) is 24.2 Å². The first-order valence-corrected chi connectivity index (χ1v) is 8.23. The van der Waals surface area contributed by atoms with E-state index in [0.29, 0.717) is 16.7 Å². The second-order valence-electron chi connectivity index (χ2n) is 5.09. The van der Waals surface area contributed by atoms with Gasteiger partial charge < -0.3 is 4.98 Å². The van der Waals surface area contributed by atoms with Crippen LogP contribution in [0.3, 0.4) is 0 Å². The maximum atomic E-state index is 12.2. The van der Waals surface area contributed by atoms with E-state index < -0.39 is 0 Å². The Kier molecular flexibility index (Phi) is 3.04. The van der Waals surface area contributed by atoms with Gasteiger partial charge in [-0.05, 0) is 31.0 Å². The summed E-state index contributed by atoms with van der Waals surface area (Å²) >= 11 is 4.88. The van der Waals surface area contributed by atoms with E-state index in [-0.39, 0.29) is 5.91 Å². The fourth-order valence-electron chi connectivity index (χ4n) is 2.17. The summed E-state index contributed by atoms with van der Waals surface area (Å²) < 4.78 is 0.974. The molecule has 0 bridgehead atoms. The maximum absolute atomic E-state index is 12.2. The van der Waals surface area contributed by atoms with Crippen molar-refractivity contribution >= 4 is 49.2 Å². The first kappa shape index (κ1) is 13.0. The van der Waals surface area contributed by atoms with E-state index in [1.807, 2.05) is 24.3 Å². The van der Waals surface area contributed by atoms with Crippen molar-refractivity contribution in [2.75, 3.05) is 5.32 Å². The minimum atomic E-state index is -0.194. The number of carbonyl (C=O) groups excluding carboxylic acids is 1. The lowest BCUT2D eigenvalue weighted by atomic mass is 10.2. The van der Waals surface area contributed by atoms with Crippen molar-refractivity contribution in [2.45, 2.75) is 18.8 Å². The molecule has 0 unspecified atom stereocenters. The average molecular weight is 363 g/mol. The molecule has 1 aliphatic rings. The van der Waals surface area contributed by atoms with E-state index in [2.05, 4.69) is 36.4 Å². The van der Waals surface area contributed by atoms with Crippen molar-refractivity contribution in [2.24, 2.45) is 0 Å². The predicted molar refractivity (Wildman–Crippen MR) is 85.8 cm³/mol. The zero-order valence-corrected chi connectivity index (χ0v) is 13.3. The molecule has 1 aliphatic carbocycles. The summed E-state index contributed by atoms with van der Waals surface area (Å²) in [5.41, 5.74) is 1.44. The molecular weight excluding hydrogens is 352 g/mol. The number of benzene rings is 1. The first-order valence-electron chi connectivity index (χ1n) is 6.62. The highest BCUT2D eigenvalue weighted by Crippen LogP contribution is 2.42. The van der Waals surface area contributed by atoms with Crippen molar-refractivity contribution in [3.8, 4) is 0 Å². The normalized spacial score (nSPS) is 14.5. The third-order valence-electron chi connectivity index (χ3n) is 3.42. The van der Waals surface area contributed by atoms with Crippen molar-refractivity contribution in [1.29, 1.82) is 0 Å². The second kappa shape index (κ2) is 4.92. The standard InChI is InChI=1S/C14H11BrN4OS/c15-9-4-3-8-5-11(16-10(8)6-9)12(20)17-14-19-18-13(21-14)7-1-2-7/h3-7,16H,1-2H2,(H,17,19,20). The lowest BCUT2D eigenvalue weighted by Crippen LogP contribution is -2.11. The number of amides is 1. The molecule has 0 spiro atoms. The first-order chi connectivity index (χ1) is 10.2. The molecule has 1 saturated carbocycles. The SMILES string of the molecule is O=C(Nc1nnc(C2CC2)s1)c1cc2ccc(Br)cc2[nH]1. The van der Waals surface area contributed by atoms with Crippen molar-refractivity contribution in [1.82, 2.24) is 15.2 Å². The number of aromatic nitrogens is 3. The molecule has 106 valence electrons. The van der Waals surface area contributed by atoms with Gasteiger partial charge in [-0.25, -0.2) is 0 Å². The summed E-state index contributed by atoms with van der Waals surface area (Å²) in [6, 6.07) is 7.69. The number of nitrogens with one attached hydrogen (secondary N) is 2. The molecule has 2 N–H and O–H groups in total. The fourth-order valence-corrected chi connectivity index (χ4v) is 3.43. The molecule has 21 heavy (non-hydrogen) atoms. The van der Waals surface area contributed by atoms with Crippen LogP contribution in [0.15, 0.2) is 28.7 Å². The Labute approximate surface area is 132 Å². The van der Waals surface area contributed by atoms with E-state index in [4.69, 9.17) is 0 Å². The van der Waals surface area contributed by atoms with Gasteiger partial charge in [0.25, 0.3) is 5.91 Å². The predicted octanol–water partition coefficient (Wildman–Crippen LogP) is 3.91. The molecule has 4 rings (SSSR count). The lowest BCUT2D eigenvalue weighted by molar-refractivity contribution is 0.102. The van der Waals surface area contributed by atoms with E-state index in [9.17, 15) is 4.79 Å². The average Bonchev–Trinajstić information content (AvgIpc) is 3.06. The van der Waals surface area contributed by atoms with Gasteiger partial charge in [-0.15, -0.1) is 10.2 Å². The molecule has 0 atom stereocenters. The molecular formula is C14H11BrN4OS. The topological polar surface area (TPSA) is 70.7 Å². The van der Waals surface area contributed by atoms with Crippen LogP contribution < -0.4 is 5.32 Å². The van der Waals surface area contributed by atoms with Crippen LogP contribution in [-0.2, 0) is 0 Å². The summed E-state index contributed by atoms with van der Waals surface area (Å²) in [6.07, 6.45) is 2.36. The molecule has 1 aromatic carbocycles. The van der Waals surface area contributed by atoms with Crippen LogP contribution in [-0.4, -0.2) is 21.1 Å². The summed E-state index contributed by atoms with van der Waals surface area (Å²) in [5.74, 6) is 0.361. The summed E-state index contributed by atoms with van der Waals surface area (Å²) in [7, 11) is 0. The minimum absolute atomic E-state index is 0.194. The molecule has 0 saturated heterocycles. The van der Waals surface area contributed by atoms with Crippen LogP contribution in [0, 0.1) is 0 Å². The number of hydrogen-bond donors (Lipinski definition) is 2. The third kappa shape index (κ3) is 2.58. The highest BCUT2D eigenvalue weighted by molar-refractivity contribution is 9.10. The Bertz CT molecular complexity index is 836. The Balaban J connectivity index is 1.57. The van der Waals surface area contributed by atoms with Gasteiger partial charge in [0.2, 0.25) is 5.13 Å². The number of fused-ring (bicyclic) bond motifs is 1. The number of anilines is 1.